The van der Waals surface area contributed by atoms with Crippen molar-refractivity contribution in [2.24, 2.45) is 0 Å². The van der Waals surface area contributed by atoms with E-state index in [2.05, 4.69) is 15.1 Å². The van der Waals surface area contributed by atoms with E-state index in [9.17, 15) is 18.0 Å². The number of carbonyl (C=O) groups excluding carboxylic acids is 2. The fraction of sp³-hybridized carbons (Fsp3) is 0.368. The maximum Gasteiger partial charge on any atom is 0.446 e. The molecule has 0 aromatic carbocycles. The number of ether oxygens (including phenoxy) is 1. The second kappa shape index (κ2) is 8.89. The summed E-state index contributed by atoms with van der Waals surface area (Å²) in [6, 6.07) is 3.97. The highest BCUT2D eigenvalue weighted by atomic mass is 19.4. The molecule has 0 spiro atoms. The van der Waals surface area contributed by atoms with Crippen molar-refractivity contribution in [1.29, 1.82) is 0 Å². The number of H-pyrrole nitrogens is 1. The van der Waals surface area contributed by atoms with Crippen LogP contribution in [0.3, 0.4) is 0 Å². The third-order valence-corrected chi connectivity index (χ3v) is 3.99. The lowest BCUT2D eigenvalue weighted by atomic mass is 10.0. The highest BCUT2D eigenvalue weighted by molar-refractivity contribution is 5.92. The van der Waals surface area contributed by atoms with Gasteiger partial charge in [0.2, 0.25) is 6.29 Å². The van der Waals surface area contributed by atoms with E-state index in [-0.39, 0.29) is 12.4 Å². The summed E-state index contributed by atoms with van der Waals surface area (Å²) in [7, 11) is 0. The highest BCUT2D eigenvalue weighted by Crippen LogP contribution is 2.29. The molecule has 0 saturated carbocycles. The van der Waals surface area contributed by atoms with Crippen molar-refractivity contribution in [3.8, 4) is 11.1 Å². The lowest BCUT2D eigenvalue weighted by Crippen LogP contribution is -2.30. The summed E-state index contributed by atoms with van der Waals surface area (Å²) in [5.74, 6) is -0.216. The molecule has 0 aliphatic carbocycles. The third kappa shape index (κ3) is 5.90. The number of aromatic amines is 1. The van der Waals surface area contributed by atoms with Gasteiger partial charge in [0.1, 0.15) is 5.65 Å². The van der Waals surface area contributed by atoms with Gasteiger partial charge < -0.3 is 9.72 Å². The van der Waals surface area contributed by atoms with Gasteiger partial charge in [0, 0.05) is 29.5 Å². The molecule has 3 aromatic heterocycles. The molecule has 0 aliphatic heterocycles. The summed E-state index contributed by atoms with van der Waals surface area (Å²) in [6.07, 6.45) is 1.99. The molecule has 0 unspecified atom stereocenters. The largest absolute Gasteiger partial charge is 0.466 e. The molecule has 3 rings (SSSR count). The minimum Gasteiger partial charge on any atom is -0.466 e. The van der Waals surface area contributed by atoms with Crippen LogP contribution in [0.4, 0.5) is 13.2 Å². The lowest BCUT2D eigenvalue weighted by molar-refractivity contribution is -0.156. The summed E-state index contributed by atoms with van der Waals surface area (Å²) in [6.45, 7) is 6.14. The monoisotopic (exact) mass is 410 g/mol. The molecule has 0 saturated heterocycles. The van der Waals surface area contributed by atoms with Gasteiger partial charge in [-0.3, -0.25) is 14.3 Å². The number of hydrogen-bond donors (Lipinski definition) is 1. The molecule has 3 aromatic rings. The third-order valence-electron chi connectivity index (χ3n) is 3.99. The van der Waals surface area contributed by atoms with Crippen LogP contribution in [0.1, 0.15) is 27.2 Å². The number of aromatic nitrogens is 4. The van der Waals surface area contributed by atoms with E-state index in [1.807, 2.05) is 56.2 Å². The number of aldehydes is 1. The van der Waals surface area contributed by atoms with Crippen LogP contribution in [-0.4, -0.2) is 44.8 Å². The summed E-state index contributed by atoms with van der Waals surface area (Å²) < 4.78 is 38.1. The molecule has 0 aliphatic rings. The van der Waals surface area contributed by atoms with Crippen LogP contribution in [0.25, 0.3) is 22.2 Å². The zero-order valence-electron chi connectivity index (χ0n) is 16.2. The number of nitrogens with zero attached hydrogens (tertiary/aromatic N) is 3. The van der Waals surface area contributed by atoms with Crippen LogP contribution in [0.5, 0.6) is 0 Å². The maximum atomic E-state index is 11.8. The number of nitrogens with one attached hydrogen (secondary N) is 1. The van der Waals surface area contributed by atoms with Crippen molar-refractivity contribution in [2.75, 3.05) is 6.61 Å². The number of carbonyl (C=O) groups is 2. The molecular weight excluding hydrogens is 389 g/mol. The molecule has 7 nitrogen and oxygen atoms in total. The Morgan fingerprint density at radius 2 is 2.00 bits per heavy atom. The van der Waals surface area contributed by atoms with Crippen LogP contribution in [0.15, 0.2) is 36.9 Å². The van der Waals surface area contributed by atoms with E-state index in [1.165, 1.54) is 0 Å². The van der Waals surface area contributed by atoms with Gasteiger partial charge in [0.15, 0.2) is 0 Å². The second-order valence-electron chi connectivity index (χ2n) is 6.73. The summed E-state index contributed by atoms with van der Waals surface area (Å²) in [5, 5.41) is 5.50. The first kappa shape index (κ1) is 22.1. The average molecular weight is 410 g/mol. The molecule has 29 heavy (non-hydrogen) atoms. The van der Waals surface area contributed by atoms with Crippen LogP contribution < -0.4 is 0 Å². The number of pyridine rings is 1. The molecule has 0 radical (unpaired) electrons. The van der Waals surface area contributed by atoms with Crippen molar-refractivity contribution in [3.63, 3.8) is 0 Å². The highest BCUT2D eigenvalue weighted by Gasteiger charge is 2.26. The van der Waals surface area contributed by atoms with Gasteiger partial charge in [0.25, 0.3) is 0 Å². The van der Waals surface area contributed by atoms with Crippen LogP contribution >= 0.6 is 0 Å². The molecule has 0 amide bonds. The van der Waals surface area contributed by atoms with Gasteiger partial charge >= 0.3 is 12.1 Å². The molecule has 0 atom stereocenters. The van der Waals surface area contributed by atoms with Crippen LogP contribution in [0.2, 0.25) is 0 Å². The van der Waals surface area contributed by atoms with E-state index < -0.39 is 18.0 Å². The predicted molar refractivity (Wildman–Crippen MR) is 100 cm³/mol. The van der Waals surface area contributed by atoms with E-state index in [0.29, 0.717) is 6.61 Å². The minimum absolute atomic E-state index is 0.216. The predicted octanol–water partition coefficient (Wildman–Crippen LogP) is 3.86. The Morgan fingerprint density at radius 1 is 1.31 bits per heavy atom. The lowest BCUT2D eigenvalue weighted by Gasteiger charge is -2.24. The van der Waals surface area contributed by atoms with Crippen LogP contribution in [0, 0.1) is 0 Å². The van der Waals surface area contributed by atoms with Gasteiger partial charge in [-0.2, -0.15) is 18.3 Å². The summed E-state index contributed by atoms with van der Waals surface area (Å²) in [5.41, 5.74) is 2.46. The van der Waals surface area contributed by atoms with Gasteiger partial charge in [-0.15, -0.1) is 0 Å². The smallest absolute Gasteiger partial charge is 0.446 e. The van der Waals surface area contributed by atoms with Gasteiger partial charge in [0.05, 0.1) is 24.8 Å². The SMILES string of the molecule is CCOC(=O)CC(C)(C)n1cc(-c2ccnc3[nH]ccc23)cn1.O=CC(F)(F)F. The number of halogens is 3. The summed E-state index contributed by atoms with van der Waals surface area (Å²) >= 11 is 0. The molecule has 156 valence electrons. The van der Waals surface area contributed by atoms with Crippen molar-refractivity contribution in [3.05, 3.63) is 36.9 Å². The Bertz CT molecular complexity index is 976. The first-order chi connectivity index (χ1) is 13.6. The zero-order chi connectivity index (χ0) is 21.7. The zero-order valence-corrected chi connectivity index (χ0v) is 16.2. The number of rotatable bonds is 5. The summed E-state index contributed by atoms with van der Waals surface area (Å²) in [4.78, 5) is 27.9. The van der Waals surface area contributed by atoms with Gasteiger partial charge in [-0.05, 0) is 38.5 Å². The Kier molecular flexibility index (Phi) is 6.78. The fourth-order valence-electron chi connectivity index (χ4n) is 2.65. The van der Waals surface area contributed by atoms with Crippen molar-refractivity contribution >= 4 is 23.3 Å². The molecule has 0 bridgehead atoms. The maximum absolute atomic E-state index is 11.8. The topological polar surface area (TPSA) is 89.9 Å². The number of esters is 1. The molecule has 1 N–H and O–H groups in total. The minimum atomic E-state index is -4.64. The van der Waals surface area contributed by atoms with E-state index in [0.717, 1.165) is 22.2 Å². The Labute approximate surface area is 164 Å². The van der Waals surface area contributed by atoms with E-state index in [1.54, 1.807) is 6.20 Å². The normalized spacial score (nSPS) is 11.7. The molecule has 0 fully saturated rings. The van der Waals surface area contributed by atoms with Gasteiger partial charge in [-0.1, -0.05) is 0 Å². The van der Waals surface area contributed by atoms with Crippen LogP contribution in [-0.2, 0) is 19.9 Å². The molecule has 3 heterocycles. The number of fused-ring (bicyclic) bond motifs is 1. The Morgan fingerprint density at radius 3 is 2.62 bits per heavy atom. The quantitative estimate of drug-likeness (QED) is 0.510. The number of alkyl halides is 3. The van der Waals surface area contributed by atoms with E-state index in [4.69, 9.17) is 9.53 Å². The van der Waals surface area contributed by atoms with Gasteiger partial charge in [-0.25, -0.2) is 4.98 Å². The Balaban J connectivity index is 0.000000438. The average Bonchev–Trinajstić information content (AvgIpc) is 3.31. The Hall–Kier alpha value is -3.17. The molecular formula is C19H21F3N4O3. The van der Waals surface area contributed by atoms with Crippen molar-refractivity contribution in [1.82, 2.24) is 19.7 Å². The standard InChI is InChI=1S/C17H20N4O2.C2HF3O/c1-4-23-15(22)9-17(2,3)21-11-12(10-20-21)13-5-7-18-16-14(13)6-8-19-16;3-2(4,5)1-6/h5-8,10-11H,4,9H2,1-3H3,(H,18,19);1H. The molecule has 10 heteroatoms. The number of hydrogen-bond acceptors (Lipinski definition) is 5. The fourth-order valence-corrected chi connectivity index (χ4v) is 2.65. The van der Waals surface area contributed by atoms with Crippen molar-refractivity contribution in [2.45, 2.75) is 38.9 Å². The van der Waals surface area contributed by atoms with E-state index >= 15 is 0 Å². The first-order valence-corrected chi connectivity index (χ1v) is 8.73. The first-order valence-electron chi connectivity index (χ1n) is 8.73. The second-order valence-corrected chi connectivity index (χ2v) is 6.73. The van der Waals surface area contributed by atoms with Crippen molar-refractivity contribution < 1.29 is 27.5 Å².